The molecule has 0 aromatic heterocycles. The molecular formula is C15H24O. The maximum atomic E-state index is 10.1. The summed E-state index contributed by atoms with van der Waals surface area (Å²) < 4.78 is 0. The van der Waals surface area contributed by atoms with Crippen LogP contribution in [0.5, 0.6) is 0 Å². The van der Waals surface area contributed by atoms with Gasteiger partial charge < -0.3 is 5.11 Å². The molecule has 0 fully saturated rings. The van der Waals surface area contributed by atoms with Crippen LogP contribution in [0, 0.1) is 11.3 Å². The number of hydrogen-bond donors (Lipinski definition) is 1. The van der Waals surface area contributed by atoms with Gasteiger partial charge in [0.15, 0.2) is 0 Å². The summed E-state index contributed by atoms with van der Waals surface area (Å²) in [7, 11) is 0. The van der Waals surface area contributed by atoms with Crippen molar-refractivity contribution in [1.29, 1.82) is 0 Å². The molecule has 0 saturated carbocycles. The lowest BCUT2D eigenvalue weighted by atomic mass is 9.62. The standard InChI is InChI=1S/C15H24O/c1-11-6-5-8-15(4)9-7-12(10-13(11)15)14(2,3)16/h6,10,12,16H,5,7-9H2,1-4H3/t12-,15-/m1/s1. The molecule has 0 radical (unpaired) electrons. The summed E-state index contributed by atoms with van der Waals surface area (Å²) in [4.78, 5) is 0. The van der Waals surface area contributed by atoms with Crippen molar-refractivity contribution < 1.29 is 5.11 Å². The predicted octanol–water partition coefficient (Wildman–Crippen LogP) is 3.84. The first-order chi connectivity index (χ1) is 7.33. The SMILES string of the molecule is CC1=CCC[C@]2(C)CC[C@@H](C(C)(C)O)C=C12. The van der Waals surface area contributed by atoms with Crippen LogP contribution in [0.15, 0.2) is 23.3 Å². The Labute approximate surface area is 99.3 Å². The minimum absolute atomic E-state index is 0.317. The molecule has 2 rings (SSSR count). The van der Waals surface area contributed by atoms with E-state index in [0.29, 0.717) is 11.3 Å². The summed E-state index contributed by atoms with van der Waals surface area (Å²) in [6.07, 6.45) is 9.52. The first-order valence-electron chi connectivity index (χ1n) is 6.45. The lowest BCUT2D eigenvalue weighted by Crippen LogP contribution is -2.36. The fourth-order valence-electron chi connectivity index (χ4n) is 3.24. The van der Waals surface area contributed by atoms with Crippen molar-refractivity contribution in [2.45, 2.75) is 59.0 Å². The molecule has 0 aromatic carbocycles. The summed E-state index contributed by atoms with van der Waals surface area (Å²) >= 11 is 0. The molecule has 0 heterocycles. The summed E-state index contributed by atoms with van der Waals surface area (Å²) in [6.45, 7) is 8.46. The molecule has 1 heteroatoms. The number of rotatable bonds is 1. The quantitative estimate of drug-likeness (QED) is 0.712. The maximum Gasteiger partial charge on any atom is 0.0654 e. The van der Waals surface area contributed by atoms with Crippen molar-refractivity contribution in [2.75, 3.05) is 0 Å². The number of fused-ring (bicyclic) bond motifs is 1. The molecule has 0 unspecified atom stereocenters. The topological polar surface area (TPSA) is 20.2 Å². The van der Waals surface area contributed by atoms with Gasteiger partial charge in [-0.3, -0.25) is 0 Å². The highest BCUT2D eigenvalue weighted by Crippen LogP contribution is 2.49. The van der Waals surface area contributed by atoms with Crippen LogP contribution < -0.4 is 0 Å². The van der Waals surface area contributed by atoms with Gasteiger partial charge in [0.05, 0.1) is 5.60 Å². The minimum atomic E-state index is -0.577. The van der Waals surface area contributed by atoms with Crippen LogP contribution in [-0.2, 0) is 0 Å². The first-order valence-corrected chi connectivity index (χ1v) is 6.45. The highest BCUT2D eigenvalue weighted by Gasteiger charge is 2.39. The second-order valence-electron chi connectivity index (χ2n) is 6.37. The van der Waals surface area contributed by atoms with Crippen molar-refractivity contribution in [3.05, 3.63) is 23.3 Å². The molecule has 2 atom stereocenters. The van der Waals surface area contributed by atoms with E-state index in [1.807, 2.05) is 13.8 Å². The number of aliphatic hydroxyl groups is 1. The summed E-state index contributed by atoms with van der Waals surface area (Å²) in [5.41, 5.74) is 2.73. The van der Waals surface area contributed by atoms with E-state index in [2.05, 4.69) is 26.0 Å². The molecular weight excluding hydrogens is 196 g/mol. The minimum Gasteiger partial charge on any atom is -0.390 e. The van der Waals surface area contributed by atoms with Crippen LogP contribution in [0.2, 0.25) is 0 Å². The Morgan fingerprint density at radius 2 is 2.06 bits per heavy atom. The van der Waals surface area contributed by atoms with Gasteiger partial charge in [0, 0.05) is 5.92 Å². The second-order valence-corrected chi connectivity index (χ2v) is 6.37. The third kappa shape index (κ3) is 1.98. The molecule has 0 aromatic rings. The molecule has 0 bridgehead atoms. The molecule has 2 aliphatic rings. The Balaban J connectivity index is 2.37. The first kappa shape index (κ1) is 11.9. The molecule has 1 nitrogen and oxygen atoms in total. The Kier molecular flexibility index (Phi) is 2.78. The van der Waals surface area contributed by atoms with Gasteiger partial charge in [-0.25, -0.2) is 0 Å². The van der Waals surface area contributed by atoms with Crippen LogP contribution >= 0.6 is 0 Å². The Morgan fingerprint density at radius 3 is 2.69 bits per heavy atom. The van der Waals surface area contributed by atoms with Crippen LogP contribution in [0.4, 0.5) is 0 Å². The van der Waals surface area contributed by atoms with E-state index >= 15 is 0 Å². The van der Waals surface area contributed by atoms with Crippen molar-refractivity contribution in [2.24, 2.45) is 11.3 Å². The normalized spacial score (nSPS) is 35.2. The monoisotopic (exact) mass is 220 g/mol. The van der Waals surface area contributed by atoms with Gasteiger partial charge in [0.1, 0.15) is 0 Å². The number of allylic oxidation sites excluding steroid dienone is 3. The molecule has 16 heavy (non-hydrogen) atoms. The molecule has 2 aliphatic carbocycles. The van der Waals surface area contributed by atoms with Crippen LogP contribution in [-0.4, -0.2) is 10.7 Å². The summed E-state index contributed by atoms with van der Waals surface area (Å²) in [5.74, 6) is 0.317. The summed E-state index contributed by atoms with van der Waals surface area (Å²) in [5, 5.41) is 10.1. The molecule has 0 aliphatic heterocycles. The van der Waals surface area contributed by atoms with E-state index in [9.17, 15) is 5.11 Å². The van der Waals surface area contributed by atoms with Crippen molar-refractivity contribution in [3.63, 3.8) is 0 Å². The molecule has 0 amide bonds. The van der Waals surface area contributed by atoms with Gasteiger partial charge in [-0.1, -0.05) is 24.6 Å². The van der Waals surface area contributed by atoms with Gasteiger partial charge >= 0.3 is 0 Å². The lowest BCUT2D eigenvalue weighted by Gasteiger charge is -2.43. The third-order valence-electron chi connectivity index (χ3n) is 4.50. The second kappa shape index (κ2) is 3.73. The van der Waals surface area contributed by atoms with Crippen molar-refractivity contribution in [3.8, 4) is 0 Å². The molecule has 0 spiro atoms. The predicted molar refractivity (Wildman–Crippen MR) is 68.2 cm³/mol. The van der Waals surface area contributed by atoms with E-state index in [-0.39, 0.29) is 0 Å². The van der Waals surface area contributed by atoms with Crippen molar-refractivity contribution >= 4 is 0 Å². The molecule has 1 N–H and O–H groups in total. The van der Waals surface area contributed by atoms with Crippen molar-refractivity contribution in [1.82, 2.24) is 0 Å². The van der Waals surface area contributed by atoms with E-state index in [0.717, 1.165) is 6.42 Å². The van der Waals surface area contributed by atoms with Crippen LogP contribution in [0.1, 0.15) is 53.4 Å². The van der Waals surface area contributed by atoms with Gasteiger partial charge in [-0.2, -0.15) is 0 Å². The Hall–Kier alpha value is -0.560. The zero-order valence-corrected chi connectivity index (χ0v) is 11.0. The zero-order valence-electron chi connectivity index (χ0n) is 11.0. The third-order valence-corrected chi connectivity index (χ3v) is 4.50. The molecule has 0 saturated heterocycles. The smallest absolute Gasteiger partial charge is 0.0654 e. The van der Waals surface area contributed by atoms with E-state index < -0.39 is 5.60 Å². The zero-order chi connectivity index (χ0) is 12.0. The van der Waals surface area contributed by atoms with E-state index in [4.69, 9.17) is 0 Å². The molecule has 90 valence electrons. The highest BCUT2D eigenvalue weighted by molar-refractivity contribution is 5.39. The van der Waals surface area contributed by atoms with Gasteiger partial charge in [-0.15, -0.1) is 0 Å². The summed E-state index contributed by atoms with van der Waals surface area (Å²) in [6, 6.07) is 0. The van der Waals surface area contributed by atoms with Gasteiger partial charge in [-0.05, 0) is 57.4 Å². The average Bonchev–Trinajstić information content (AvgIpc) is 2.15. The maximum absolute atomic E-state index is 10.1. The fraction of sp³-hybridized carbons (Fsp3) is 0.733. The van der Waals surface area contributed by atoms with Gasteiger partial charge in [0.2, 0.25) is 0 Å². The Morgan fingerprint density at radius 1 is 1.38 bits per heavy atom. The highest BCUT2D eigenvalue weighted by atomic mass is 16.3. The van der Waals surface area contributed by atoms with Crippen LogP contribution in [0.25, 0.3) is 0 Å². The Bertz CT molecular complexity index is 343. The number of hydrogen-bond acceptors (Lipinski definition) is 1. The lowest BCUT2D eigenvalue weighted by molar-refractivity contribution is 0.0239. The largest absolute Gasteiger partial charge is 0.390 e. The average molecular weight is 220 g/mol. The van der Waals surface area contributed by atoms with E-state index in [1.54, 1.807) is 0 Å². The van der Waals surface area contributed by atoms with Crippen LogP contribution in [0.3, 0.4) is 0 Å². The fourth-order valence-corrected chi connectivity index (χ4v) is 3.24. The van der Waals surface area contributed by atoms with E-state index in [1.165, 1.54) is 30.4 Å². The van der Waals surface area contributed by atoms with Gasteiger partial charge in [0.25, 0.3) is 0 Å².